The summed E-state index contributed by atoms with van der Waals surface area (Å²) in [4.78, 5) is 12.7. The Hall–Kier alpha value is -3.32. The summed E-state index contributed by atoms with van der Waals surface area (Å²) in [6, 6.07) is 18.3. The summed E-state index contributed by atoms with van der Waals surface area (Å²) in [6.45, 7) is 4.00. The summed E-state index contributed by atoms with van der Waals surface area (Å²) in [5.41, 5.74) is 3.85. The molecule has 0 aliphatic carbocycles. The van der Waals surface area contributed by atoms with Gasteiger partial charge in [-0.1, -0.05) is 6.07 Å². The number of rotatable bonds is 6. The molecule has 0 radical (unpaired) electrons. The highest BCUT2D eigenvalue weighted by molar-refractivity contribution is 7.92. The third-order valence-electron chi connectivity index (χ3n) is 4.98. The van der Waals surface area contributed by atoms with Gasteiger partial charge in [-0.15, -0.1) is 0 Å². The van der Waals surface area contributed by atoms with E-state index in [9.17, 15) is 13.2 Å². The van der Waals surface area contributed by atoms with E-state index in [0.29, 0.717) is 22.7 Å². The minimum atomic E-state index is -3.73. The second-order valence-corrected chi connectivity index (χ2v) is 8.92. The molecule has 156 valence electrons. The lowest BCUT2D eigenvalue weighted by molar-refractivity contribution is 0.102. The number of nitrogens with zero attached hydrogens (tertiary/aromatic N) is 1. The van der Waals surface area contributed by atoms with Gasteiger partial charge in [-0.2, -0.15) is 0 Å². The number of carbonyl (C=O) groups excluding carboxylic acids is 1. The molecule has 0 spiro atoms. The zero-order valence-corrected chi connectivity index (χ0v) is 18.2. The molecule has 0 heterocycles. The van der Waals surface area contributed by atoms with Crippen LogP contribution in [0.15, 0.2) is 71.6 Å². The van der Waals surface area contributed by atoms with Crippen molar-refractivity contribution in [3.8, 4) is 5.75 Å². The van der Waals surface area contributed by atoms with Crippen molar-refractivity contribution in [2.24, 2.45) is 0 Å². The van der Waals surface area contributed by atoms with Gasteiger partial charge in [-0.25, -0.2) is 8.42 Å². The van der Waals surface area contributed by atoms with E-state index in [2.05, 4.69) is 5.32 Å². The van der Waals surface area contributed by atoms with Crippen LogP contribution in [0.25, 0.3) is 0 Å². The Morgan fingerprint density at radius 1 is 0.900 bits per heavy atom. The van der Waals surface area contributed by atoms with E-state index in [-0.39, 0.29) is 10.8 Å². The van der Waals surface area contributed by atoms with Crippen LogP contribution in [0.2, 0.25) is 0 Å². The second kappa shape index (κ2) is 8.59. The van der Waals surface area contributed by atoms with Gasteiger partial charge < -0.3 is 10.1 Å². The van der Waals surface area contributed by atoms with E-state index in [0.717, 1.165) is 11.1 Å². The maximum Gasteiger partial charge on any atom is 0.264 e. The summed E-state index contributed by atoms with van der Waals surface area (Å²) in [5.74, 6) is 0.321. The highest BCUT2D eigenvalue weighted by Gasteiger charge is 2.21. The largest absolute Gasteiger partial charge is 0.497 e. The van der Waals surface area contributed by atoms with Crippen molar-refractivity contribution >= 4 is 27.3 Å². The average molecular weight is 425 g/mol. The van der Waals surface area contributed by atoms with Crippen LogP contribution >= 0.6 is 0 Å². The molecule has 0 aliphatic heterocycles. The smallest absolute Gasteiger partial charge is 0.264 e. The van der Waals surface area contributed by atoms with Crippen molar-refractivity contribution in [2.75, 3.05) is 23.8 Å². The van der Waals surface area contributed by atoms with Crippen molar-refractivity contribution in [3.05, 3.63) is 83.4 Å². The SMILES string of the molecule is COc1ccc(S(=O)(=O)N(C)c2ccc(C(=O)Nc3ccc(C)c(C)c3)cc2)cc1. The van der Waals surface area contributed by atoms with Crippen molar-refractivity contribution in [1.29, 1.82) is 0 Å². The van der Waals surface area contributed by atoms with E-state index in [1.165, 1.54) is 30.6 Å². The first-order valence-electron chi connectivity index (χ1n) is 9.34. The fraction of sp³-hybridized carbons (Fsp3) is 0.174. The molecule has 0 saturated heterocycles. The number of amides is 1. The molecule has 0 aromatic heterocycles. The Balaban J connectivity index is 1.76. The van der Waals surface area contributed by atoms with Crippen LogP contribution < -0.4 is 14.4 Å². The minimum Gasteiger partial charge on any atom is -0.497 e. The number of anilines is 2. The standard InChI is InChI=1S/C23H24N2O4S/c1-16-5-8-19(15-17(16)2)24-23(26)18-6-9-20(10-7-18)25(3)30(27,28)22-13-11-21(29-4)12-14-22/h5-15H,1-4H3,(H,24,26). The minimum absolute atomic E-state index is 0.155. The van der Waals surface area contributed by atoms with Crippen LogP contribution in [-0.4, -0.2) is 28.5 Å². The van der Waals surface area contributed by atoms with Crippen LogP contribution in [0.5, 0.6) is 5.75 Å². The van der Waals surface area contributed by atoms with E-state index < -0.39 is 10.0 Å². The highest BCUT2D eigenvalue weighted by atomic mass is 32.2. The van der Waals surface area contributed by atoms with Crippen LogP contribution in [0.4, 0.5) is 11.4 Å². The lowest BCUT2D eigenvalue weighted by Gasteiger charge is -2.20. The first kappa shape index (κ1) is 21.4. The van der Waals surface area contributed by atoms with Gasteiger partial charge in [0.05, 0.1) is 17.7 Å². The second-order valence-electron chi connectivity index (χ2n) is 6.95. The number of hydrogen-bond acceptors (Lipinski definition) is 4. The highest BCUT2D eigenvalue weighted by Crippen LogP contribution is 2.24. The number of benzene rings is 3. The topological polar surface area (TPSA) is 75.7 Å². The lowest BCUT2D eigenvalue weighted by atomic mass is 10.1. The van der Waals surface area contributed by atoms with Gasteiger partial charge in [0, 0.05) is 18.3 Å². The lowest BCUT2D eigenvalue weighted by Crippen LogP contribution is -2.26. The van der Waals surface area contributed by atoms with Crippen LogP contribution in [0, 0.1) is 13.8 Å². The third kappa shape index (κ3) is 4.46. The Morgan fingerprint density at radius 2 is 1.53 bits per heavy atom. The van der Waals surface area contributed by atoms with Crippen LogP contribution in [-0.2, 0) is 10.0 Å². The Bertz CT molecular complexity index is 1150. The molecule has 0 fully saturated rings. The van der Waals surface area contributed by atoms with E-state index >= 15 is 0 Å². The molecular weight excluding hydrogens is 400 g/mol. The van der Waals surface area contributed by atoms with Crippen LogP contribution in [0.1, 0.15) is 21.5 Å². The molecule has 1 amide bonds. The maximum absolute atomic E-state index is 12.9. The number of nitrogens with one attached hydrogen (secondary N) is 1. The number of carbonyl (C=O) groups is 1. The van der Waals surface area contributed by atoms with Crippen molar-refractivity contribution in [1.82, 2.24) is 0 Å². The van der Waals surface area contributed by atoms with Crippen molar-refractivity contribution < 1.29 is 17.9 Å². The predicted molar refractivity (Wildman–Crippen MR) is 119 cm³/mol. The molecule has 0 saturated carbocycles. The molecule has 6 nitrogen and oxygen atoms in total. The molecule has 0 bridgehead atoms. The van der Waals surface area contributed by atoms with Gasteiger partial charge in [-0.05, 0) is 85.6 Å². The fourth-order valence-corrected chi connectivity index (χ4v) is 4.09. The first-order chi connectivity index (χ1) is 14.2. The zero-order chi connectivity index (χ0) is 21.9. The predicted octanol–water partition coefficient (Wildman–Crippen LogP) is 4.39. The Labute approximate surface area is 177 Å². The average Bonchev–Trinajstić information content (AvgIpc) is 2.76. The number of methoxy groups -OCH3 is 1. The fourth-order valence-electron chi connectivity index (χ4n) is 2.89. The molecule has 0 atom stereocenters. The summed E-state index contributed by atoms with van der Waals surface area (Å²) < 4.78 is 32.0. The van der Waals surface area contributed by atoms with E-state index in [1.807, 2.05) is 32.0 Å². The quantitative estimate of drug-likeness (QED) is 0.637. The molecule has 0 unspecified atom stereocenters. The molecule has 7 heteroatoms. The van der Waals surface area contributed by atoms with Gasteiger partial charge >= 0.3 is 0 Å². The monoisotopic (exact) mass is 424 g/mol. The maximum atomic E-state index is 12.9. The molecule has 1 N–H and O–H groups in total. The summed E-state index contributed by atoms with van der Waals surface area (Å²) in [7, 11) is -0.733. The number of sulfonamides is 1. The van der Waals surface area contributed by atoms with Gasteiger partial charge in [0.1, 0.15) is 5.75 Å². The van der Waals surface area contributed by atoms with E-state index in [1.54, 1.807) is 36.4 Å². The van der Waals surface area contributed by atoms with Gasteiger partial charge in [0.2, 0.25) is 0 Å². The molecule has 3 aromatic carbocycles. The summed E-state index contributed by atoms with van der Waals surface area (Å²) in [5, 5.41) is 2.86. The van der Waals surface area contributed by atoms with Gasteiger partial charge in [-0.3, -0.25) is 9.10 Å². The number of hydrogen-bond donors (Lipinski definition) is 1. The van der Waals surface area contributed by atoms with Gasteiger partial charge in [0.25, 0.3) is 15.9 Å². The zero-order valence-electron chi connectivity index (χ0n) is 17.3. The molecule has 30 heavy (non-hydrogen) atoms. The normalized spacial score (nSPS) is 11.1. The molecular formula is C23H24N2O4S. The Morgan fingerprint density at radius 3 is 2.10 bits per heavy atom. The van der Waals surface area contributed by atoms with Crippen molar-refractivity contribution in [2.45, 2.75) is 18.7 Å². The summed E-state index contributed by atoms with van der Waals surface area (Å²) >= 11 is 0. The molecule has 3 aromatic rings. The number of aryl methyl sites for hydroxylation is 2. The van der Waals surface area contributed by atoms with Gasteiger partial charge in [0.15, 0.2) is 0 Å². The number of ether oxygens (including phenoxy) is 1. The molecule has 0 aliphatic rings. The molecule has 3 rings (SSSR count). The summed E-state index contributed by atoms with van der Waals surface area (Å²) in [6.07, 6.45) is 0. The van der Waals surface area contributed by atoms with Crippen LogP contribution in [0.3, 0.4) is 0 Å². The third-order valence-corrected chi connectivity index (χ3v) is 6.78. The Kier molecular flexibility index (Phi) is 6.12. The van der Waals surface area contributed by atoms with Crippen molar-refractivity contribution in [3.63, 3.8) is 0 Å². The first-order valence-corrected chi connectivity index (χ1v) is 10.8. The van der Waals surface area contributed by atoms with E-state index in [4.69, 9.17) is 4.74 Å².